The van der Waals surface area contributed by atoms with Crippen molar-refractivity contribution in [1.82, 2.24) is 4.98 Å². The third-order valence-electron chi connectivity index (χ3n) is 3.48. The second-order valence-electron chi connectivity index (χ2n) is 6.09. The molecule has 6 heteroatoms. The van der Waals surface area contributed by atoms with E-state index in [1.54, 1.807) is 0 Å². The van der Waals surface area contributed by atoms with Gasteiger partial charge in [0.25, 0.3) is 0 Å². The lowest BCUT2D eigenvalue weighted by Crippen LogP contribution is -2.32. The molecule has 0 spiro atoms. The lowest BCUT2D eigenvalue weighted by molar-refractivity contribution is -0.141. The second kappa shape index (κ2) is 7.81. The lowest BCUT2D eigenvalue weighted by Gasteiger charge is -2.19. The average Bonchev–Trinajstić information content (AvgIpc) is 3.30. The molecule has 0 radical (unpaired) electrons. The van der Waals surface area contributed by atoms with Crippen molar-refractivity contribution in [1.29, 1.82) is 0 Å². The minimum absolute atomic E-state index is 0.279. The Morgan fingerprint density at radius 1 is 1.45 bits per heavy atom. The molecule has 5 nitrogen and oxygen atoms in total. The first kappa shape index (κ1) is 17.1. The molecular formula is C16H23BrN2O3. The Bertz CT molecular complexity index is 518. The first-order chi connectivity index (χ1) is 10.5. The number of hydrogen-bond acceptors (Lipinski definition) is 5. The Morgan fingerprint density at radius 2 is 2.18 bits per heavy atom. The van der Waals surface area contributed by atoms with E-state index < -0.39 is 6.04 Å². The number of pyridine rings is 1. The summed E-state index contributed by atoms with van der Waals surface area (Å²) in [7, 11) is 1.40. The fourth-order valence-corrected chi connectivity index (χ4v) is 2.43. The number of rotatable bonds is 8. The molecule has 1 aliphatic rings. The average molecular weight is 371 g/mol. The number of carbonyl (C=O) groups excluding carboxylic acids is 1. The van der Waals surface area contributed by atoms with Gasteiger partial charge in [-0.05, 0) is 59.2 Å². The molecule has 1 aromatic heterocycles. The molecule has 1 fully saturated rings. The maximum absolute atomic E-state index is 11.9. The van der Waals surface area contributed by atoms with Crippen molar-refractivity contribution in [2.24, 2.45) is 11.8 Å². The molecule has 0 aromatic carbocycles. The normalized spacial score (nSPS) is 15.5. The van der Waals surface area contributed by atoms with Crippen LogP contribution in [0.2, 0.25) is 0 Å². The number of methoxy groups -OCH3 is 1. The zero-order chi connectivity index (χ0) is 16.1. The van der Waals surface area contributed by atoms with Crippen molar-refractivity contribution < 1.29 is 14.3 Å². The van der Waals surface area contributed by atoms with Crippen molar-refractivity contribution in [3.63, 3.8) is 0 Å². The molecule has 1 atom stereocenters. The van der Waals surface area contributed by atoms with Gasteiger partial charge < -0.3 is 14.8 Å². The van der Waals surface area contributed by atoms with Crippen LogP contribution in [0.15, 0.2) is 16.6 Å². The molecule has 1 heterocycles. The van der Waals surface area contributed by atoms with Gasteiger partial charge in [0.1, 0.15) is 11.9 Å². The standard InChI is InChI=1S/C16H23BrN2O3/c1-10(2)8-13(16(20)21-3)18-14-7-6-12(17)15(19-14)22-9-11-4-5-11/h6-7,10-11,13H,4-5,8-9H2,1-3H3,(H,18,19). The summed E-state index contributed by atoms with van der Waals surface area (Å²) in [4.78, 5) is 16.3. The lowest BCUT2D eigenvalue weighted by atomic mass is 10.0. The number of nitrogens with zero attached hydrogens (tertiary/aromatic N) is 1. The zero-order valence-corrected chi connectivity index (χ0v) is 14.9. The molecular weight excluding hydrogens is 348 g/mol. The molecule has 1 unspecified atom stereocenters. The molecule has 122 valence electrons. The number of hydrogen-bond donors (Lipinski definition) is 1. The van der Waals surface area contributed by atoms with Crippen LogP contribution in [-0.4, -0.2) is 30.7 Å². The molecule has 0 bridgehead atoms. The van der Waals surface area contributed by atoms with Gasteiger partial charge in [0.05, 0.1) is 18.2 Å². The van der Waals surface area contributed by atoms with E-state index in [0.29, 0.717) is 36.6 Å². The van der Waals surface area contributed by atoms with Gasteiger partial charge in [0.2, 0.25) is 5.88 Å². The smallest absolute Gasteiger partial charge is 0.328 e. The summed E-state index contributed by atoms with van der Waals surface area (Å²) >= 11 is 3.44. The van der Waals surface area contributed by atoms with Crippen molar-refractivity contribution in [3.8, 4) is 5.88 Å². The Balaban J connectivity index is 2.05. The van der Waals surface area contributed by atoms with E-state index in [2.05, 4.69) is 40.1 Å². The minimum Gasteiger partial charge on any atom is -0.477 e. The van der Waals surface area contributed by atoms with E-state index >= 15 is 0 Å². The summed E-state index contributed by atoms with van der Waals surface area (Å²) in [5, 5.41) is 3.15. The largest absolute Gasteiger partial charge is 0.477 e. The summed E-state index contributed by atoms with van der Waals surface area (Å²) in [6.45, 7) is 4.83. The molecule has 0 aliphatic heterocycles. The molecule has 0 saturated heterocycles. The number of carbonyl (C=O) groups is 1. The van der Waals surface area contributed by atoms with Crippen LogP contribution < -0.4 is 10.1 Å². The number of esters is 1. The summed E-state index contributed by atoms with van der Waals surface area (Å²) in [5.41, 5.74) is 0. The van der Waals surface area contributed by atoms with E-state index in [-0.39, 0.29) is 5.97 Å². The number of anilines is 1. The Kier molecular flexibility index (Phi) is 6.06. The second-order valence-corrected chi connectivity index (χ2v) is 6.94. The Morgan fingerprint density at radius 3 is 2.77 bits per heavy atom. The minimum atomic E-state index is -0.407. The summed E-state index contributed by atoms with van der Waals surface area (Å²) in [5.74, 6) is 1.93. The van der Waals surface area contributed by atoms with Crippen LogP contribution in [-0.2, 0) is 9.53 Å². The van der Waals surface area contributed by atoms with E-state index in [1.807, 2.05) is 12.1 Å². The van der Waals surface area contributed by atoms with Gasteiger partial charge >= 0.3 is 5.97 Å². The van der Waals surface area contributed by atoms with Gasteiger partial charge in [0.15, 0.2) is 0 Å². The van der Waals surface area contributed by atoms with Crippen molar-refractivity contribution in [3.05, 3.63) is 16.6 Å². The summed E-state index contributed by atoms with van der Waals surface area (Å²) < 4.78 is 11.4. The quantitative estimate of drug-likeness (QED) is 0.707. The molecule has 2 rings (SSSR count). The summed E-state index contributed by atoms with van der Waals surface area (Å²) in [6.07, 6.45) is 3.14. The van der Waals surface area contributed by atoms with Crippen molar-refractivity contribution in [2.45, 2.75) is 39.2 Å². The predicted octanol–water partition coefficient (Wildman–Crippen LogP) is 3.63. The van der Waals surface area contributed by atoms with Gasteiger partial charge in [-0.25, -0.2) is 4.79 Å². The predicted molar refractivity (Wildman–Crippen MR) is 89.0 cm³/mol. The third kappa shape index (κ3) is 5.16. The highest BCUT2D eigenvalue weighted by atomic mass is 79.9. The van der Waals surface area contributed by atoms with Crippen LogP contribution in [0.3, 0.4) is 0 Å². The summed E-state index contributed by atoms with van der Waals surface area (Å²) in [6, 6.07) is 3.29. The van der Waals surface area contributed by atoms with Crippen molar-refractivity contribution >= 4 is 27.7 Å². The highest BCUT2D eigenvalue weighted by Gasteiger charge is 2.23. The monoisotopic (exact) mass is 370 g/mol. The topological polar surface area (TPSA) is 60.5 Å². The Hall–Kier alpha value is -1.30. The first-order valence-electron chi connectivity index (χ1n) is 7.63. The van der Waals surface area contributed by atoms with E-state index in [0.717, 1.165) is 4.47 Å². The fraction of sp³-hybridized carbons (Fsp3) is 0.625. The van der Waals surface area contributed by atoms with Gasteiger partial charge in [-0.15, -0.1) is 0 Å². The highest BCUT2D eigenvalue weighted by Crippen LogP contribution is 2.31. The van der Waals surface area contributed by atoms with Crippen LogP contribution >= 0.6 is 15.9 Å². The zero-order valence-electron chi connectivity index (χ0n) is 13.3. The highest BCUT2D eigenvalue weighted by molar-refractivity contribution is 9.10. The van der Waals surface area contributed by atoms with Gasteiger partial charge in [-0.2, -0.15) is 4.98 Å². The van der Waals surface area contributed by atoms with Gasteiger partial charge in [-0.3, -0.25) is 0 Å². The molecule has 1 saturated carbocycles. The van der Waals surface area contributed by atoms with Crippen LogP contribution in [0.1, 0.15) is 33.1 Å². The molecule has 0 amide bonds. The van der Waals surface area contributed by atoms with Gasteiger partial charge in [-0.1, -0.05) is 13.8 Å². The SMILES string of the molecule is COC(=O)C(CC(C)C)Nc1ccc(Br)c(OCC2CC2)n1. The van der Waals surface area contributed by atoms with Crippen LogP contribution in [0.25, 0.3) is 0 Å². The molecule has 1 aromatic rings. The molecule has 1 N–H and O–H groups in total. The first-order valence-corrected chi connectivity index (χ1v) is 8.42. The van der Waals surface area contributed by atoms with Crippen LogP contribution in [0.5, 0.6) is 5.88 Å². The van der Waals surface area contributed by atoms with E-state index in [9.17, 15) is 4.79 Å². The van der Waals surface area contributed by atoms with Gasteiger partial charge in [0, 0.05) is 0 Å². The Labute approximate surface area is 139 Å². The maximum Gasteiger partial charge on any atom is 0.328 e. The van der Waals surface area contributed by atoms with Crippen LogP contribution in [0.4, 0.5) is 5.82 Å². The number of halogens is 1. The van der Waals surface area contributed by atoms with E-state index in [4.69, 9.17) is 9.47 Å². The van der Waals surface area contributed by atoms with Crippen molar-refractivity contribution in [2.75, 3.05) is 19.0 Å². The fourth-order valence-electron chi connectivity index (χ4n) is 2.09. The molecule has 1 aliphatic carbocycles. The van der Waals surface area contributed by atoms with E-state index in [1.165, 1.54) is 20.0 Å². The maximum atomic E-state index is 11.9. The molecule has 22 heavy (non-hydrogen) atoms. The number of nitrogens with one attached hydrogen (secondary N) is 1. The third-order valence-corrected chi connectivity index (χ3v) is 4.08. The number of ether oxygens (including phenoxy) is 2. The number of aromatic nitrogens is 1. The van der Waals surface area contributed by atoms with Crippen LogP contribution in [0, 0.1) is 11.8 Å².